The molecule has 1 saturated heterocycles. The molecule has 2 aliphatic rings. The van der Waals surface area contributed by atoms with Crippen LogP contribution in [0.3, 0.4) is 0 Å². The van der Waals surface area contributed by atoms with Crippen molar-refractivity contribution in [1.29, 1.82) is 0 Å². The van der Waals surface area contributed by atoms with Crippen molar-refractivity contribution >= 4 is 43.2 Å². The average Bonchev–Trinajstić information content (AvgIpc) is 3.30. The Labute approximate surface area is 227 Å². The molecule has 0 amide bonds. The number of hydrogen-bond acceptors (Lipinski definition) is 6. The SMILES string of the molecule is C=C1C(c2cccc(S(=O)(=O)O)c2)=[P+]2CC1(C)C(c1cccc(S(=O)(=O)O)c1)C2c1cccc(S(=O)(=O)O)c1. The third-order valence-electron chi connectivity index (χ3n) is 7.52. The highest BCUT2D eigenvalue weighted by atomic mass is 32.2. The molecule has 0 spiro atoms. The normalized spacial score (nSPS) is 24.4. The predicted octanol–water partition coefficient (Wildman–Crippen LogP) is 4.54. The van der Waals surface area contributed by atoms with E-state index in [1.54, 1.807) is 18.2 Å². The quantitative estimate of drug-likeness (QED) is 0.270. The highest BCUT2D eigenvalue weighted by molar-refractivity contribution is 7.86. The first kappa shape index (κ1) is 27.9. The molecule has 4 atom stereocenters. The van der Waals surface area contributed by atoms with Crippen LogP contribution in [0.5, 0.6) is 0 Å². The maximum absolute atomic E-state index is 12.0. The van der Waals surface area contributed by atoms with Crippen LogP contribution in [0.15, 0.2) is 99.6 Å². The summed E-state index contributed by atoms with van der Waals surface area (Å²) in [5.74, 6) is -0.386. The molecular weight excluding hydrogens is 583 g/mol. The lowest BCUT2D eigenvalue weighted by molar-refractivity contribution is 0.384. The molecule has 0 saturated carbocycles. The zero-order chi connectivity index (χ0) is 28.5. The molecule has 9 nitrogen and oxygen atoms in total. The molecular formula is C26H24O9PS3+. The lowest BCUT2D eigenvalue weighted by atomic mass is 9.67. The van der Waals surface area contributed by atoms with Gasteiger partial charge in [0, 0.05) is 28.0 Å². The van der Waals surface area contributed by atoms with Gasteiger partial charge in [-0.1, -0.05) is 49.9 Å². The van der Waals surface area contributed by atoms with E-state index in [1.807, 2.05) is 6.92 Å². The second-order valence-electron chi connectivity index (χ2n) is 9.89. The van der Waals surface area contributed by atoms with Crippen LogP contribution in [0.25, 0.3) is 0 Å². The van der Waals surface area contributed by atoms with Crippen molar-refractivity contribution in [2.45, 2.75) is 33.2 Å². The van der Waals surface area contributed by atoms with E-state index in [2.05, 4.69) is 6.58 Å². The first-order chi connectivity index (χ1) is 18.0. The summed E-state index contributed by atoms with van der Waals surface area (Å²) in [6.45, 7) is 6.33. The van der Waals surface area contributed by atoms with Crippen molar-refractivity contribution in [3.8, 4) is 0 Å². The van der Waals surface area contributed by atoms with Crippen LogP contribution < -0.4 is 0 Å². The Bertz CT molecular complexity index is 1910. The summed E-state index contributed by atoms with van der Waals surface area (Å²) in [6, 6.07) is 17.8. The maximum Gasteiger partial charge on any atom is 0.294 e. The Morgan fingerprint density at radius 1 is 0.744 bits per heavy atom. The topological polar surface area (TPSA) is 163 Å². The molecule has 1 fully saturated rings. The van der Waals surface area contributed by atoms with Crippen molar-refractivity contribution < 1.29 is 38.9 Å². The molecule has 39 heavy (non-hydrogen) atoms. The minimum Gasteiger partial charge on any atom is -0.282 e. The van der Waals surface area contributed by atoms with Gasteiger partial charge in [-0.3, -0.25) is 13.7 Å². The van der Waals surface area contributed by atoms with Crippen LogP contribution in [0.4, 0.5) is 0 Å². The Morgan fingerprint density at radius 2 is 1.21 bits per heavy atom. The lowest BCUT2D eigenvalue weighted by Gasteiger charge is -2.33. The molecule has 3 N–H and O–H groups in total. The van der Waals surface area contributed by atoms with Gasteiger partial charge in [0.15, 0.2) is 5.29 Å². The fourth-order valence-corrected chi connectivity index (χ4v) is 11.6. The Kier molecular flexibility index (Phi) is 6.55. The summed E-state index contributed by atoms with van der Waals surface area (Å²) in [4.78, 5) is -0.838. The summed E-state index contributed by atoms with van der Waals surface area (Å²) in [7, 11) is -14.7. The molecule has 0 aromatic heterocycles. The molecule has 2 aliphatic heterocycles. The molecule has 4 unspecified atom stereocenters. The zero-order valence-corrected chi connectivity index (χ0v) is 23.8. The molecule has 13 heteroatoms. The van der Waals surface area contributed by atoms with Crippen LogP contribution in [-0.2, 0) is 30.4 Å². The zero-order valence-electron chi connectivity index (χ0n) is 20.5. The summed E-state index contributed by atoms with van der Waals surface area (Å²) in [5, 5.41) is 0.808. The minimum absolute atomic E-state index is 0.272. The van der Waals surface area contributed by atoms with Crippen molar-refractivity contribution in [1.82, 2.24) is 0 Å². The van der Waals surface area contributed by atoms with Crippen LogP contribution >= 0.6 is 7.55 Å². The van der Waals surface area contributed by atoms with Crippen molar-refractivity contribution in [2.75, 3.05) is 6.16 Å². The standard InChI is InChI=1S/C26H23O9PS3/c1-16-24(18-7-4-10-21(13-18)38(30,31)32)36-15-26(16,2)23(17-6-3-9-20(12-17)37(27,28)29)25(36)19-8-5-11-22(14-19)39(33,34)35/h3-14,23,25H,1,15H2,2H3,(H2-,27,28,29,30,31,32,33,34,35)/p+1. The van der Waals surface area contributed by atoms with E-state index in [4.69, 9.17) is 0 Å². The third-order valence-corrected chi connectivity index (χ3v) is 13.4. The molecule has 0 aliphatic carbocycles. The smallest absolute Gasteiger partial charge is 0.282 e. The van der Waals surface area contributed by atoms with Gasteiger partial charge in [0.05, 0.1) is 14.7 Å². The largest absolute Gasteiger partial charge is 0.294 e. The van der Waals surface area contributed by atoms with E-state index >= 15 is 0 Å². The van der Waals surface area contributed by atoms with Gasteiger partial charge in [0.1, 0.15) is 19.4 Å². The maximum atomic E-state index is 12.0. The van der Waals surface area contributed by atoms with E-state index < -0.39 is 43.3 Å². The van der Waals surface area contributed by atoms with Gasteiger partial charge in [-0.05, 0) is 42.0 Å². The fraction of sp³-hybridized carbons (Fsp3) is 0.192. The van der Waals surface area contributed by atoms with Crippen molar-refractivity contribution in [3.05, 3.63) is 102 Å². The molecule has 3 aromatic rings. The van der Waals surface area contributed by atoms with Gasteiger partial charge in [-0.15, -0.1) is 0 Å². The van der Waals surface area contributed by atoms with Crippen molar-refractivity contribution in [2.24, 2.45) is 5.41 Å². The molecule has 2 bridgehead atoms. The number of allylic oxidation sites excluding steroid dienone is 1. The minimum atomic E-state index is -4.51. The van der Waals surface area contributed by atoms with Gasteiger partial charge in [0.2, 0.25) is 0 Å². The van der Waals surface area contributed by atoms with Crippen molar-refractivity contribution in [3.63, 3.8) is 0 Å². The summed E-state index contributed by atoms with van der Waals surface area (Å²) >= 11 is 0. The monoisotopic (exact) mass is 607 g/mol. The van der Waals surface area contributed by atoms with Crippen LogP contribution in [-0.4, -0.2) is 50.4 Å². The molecule has 0 radical (unpaired) electrons. The predicted molar refractivity (Wildman–Crippen MR) is 147 cm³/mol. The Hall–Kier alpha value is -2.70. The number of rotatable bonds is 6. The molecule has 3 aromatic carbocycles. The van der Waals surface area contributed by atoms with E-state index in [1.165, 1.54) is 54.6 Å². The van der Waals surface area contributed by atoms with E-state index in [0.717, 1.165) is 10.9 Å². The van der Waals surface area contributed by atoms with Crippen LogP contribution in [0.1, 0.15) is 35.2 Å². The van der Waals surface area contributed by atoms with Crippen LogP contribution in [0.2, 0.25) is 0 Å². The molecule has 5 rings (SSSR count). The van der Waals surface area contributed by atoms with Gasteiger partial charge >= 0.3 is 0 Å². The van der Waals surface area contributed by atoms with Gasteiger partial charge in [0.25, 0.3) is 30.4 Å². The van der Waals surface area contributed by atoms with Gasteiger partial charge < -0.3 is 0 Å². The number of hydrogen-bond donors (Lipinski definition) is 3. The van der Waals surface area contributed by atoms with E-state index in [-0.39, 0.29) is 26.3 Å². The van der Waals surface area contributed by atoms with E-state index in [0.29, 0.717) is 22.9 Å². The first-order valence-corrected chi connectivity index (χ1v) is 17.5. The Balaban J connectivity index is 1.79. The fourth-order valence-electron chi connectivity index (χ4n) is 5.82. The van der Waals surface area contributed by atoms with Gasteiger partial charge in [-0.25, -0.2) is 0 Å². The number of fused-ring (bicyclic) bond motifs is 2. The summed E-state index contributed by atoms with van der Waals surface area (Å²) < 4.78 is 101. The van der Waals surface area contributed by atoms with Gasteiger partial charge in [-0.2, -0.15) is 25.3 Å². The summed E-state index contributed by atoms with van der Waals surface area (Å²) in [5.41, 5.74) is 1.46. The highest BCUT2D eigenvalue weighted by Gasteiger charge is 2.65. The highest BCUT2D eigenvalue weighted by Crippen LogP contribution is 2.74. The Morgan fingerprint density at radius 3 is 1.74 bits per heavy atom. The second kappa shape index (κ2) is 9.17. The van der Waals surface area contributed by atoms with E-state index in [9.17, 15) is 38.9 Å². The molecule has 2 heterocycles. The lowest BCUT2D eigenvalue weighted by Crippen LogP contribution is -2.31. The number of benzene rings is 3. The average molecular weight is 608 g/mol. The first-order valence-electron chi connectivity index (χ1n) is 11.6. The van der Waals surface area contributed by atoms with Crippen LogP contribution in [0, 0.1) is 5.41 Å². The second-order valence-corrected chi connectivity index (χ2v) is 16.4. The molecule has 204 valence electrons. The summed E-state index contributed by atoms with van der Waals surface area (Å²) in [6.07, 6.45) is 0.591. The third kappa shape index (κ3) is 4.80.